The molecule has 1 aromatic carbocycles. The van der Waals surface area contributed by atoms with Gasteiger partial charge < -0.3 is 4.74 Å². The first-order valence-electron chi connectivity index (χ1n) is 8.82. The largest absolute Gasteiger partial charge is 0.493 e. The number of hydrogen-bond acceptors (Lipinski definition) is 4. The third kappa shape index (κ3) is 3.46. The van der Waals surface area contributed by atoms with E-state index in [2.05, 4.69) is 11.8 Å². The summed E-state index contributed by atoms with van der Waals surface area (Å²) in [5.74, 6) is 4.65. The molecule has 4 aliphatic carbocycles. The summed E-state index contributed by atoms with van der Waals surface area (Å²) in [4.78, 5) is 0.123. The minimum atomic E-state index is -3.63. The Morgan fingerprint density at radius 3 is 2.08 bits per heavy atom. The van der Waals surface area contributed by atoms with E-state index in [1.165, 1.54) is 50.7 Å². The number of rotatable bonds is 6. The maximum absolute atomic E-state index is 11.2. The summed E-state index contributed by atoms with van der Waals surface area (Å²) in [5.41, 5.74) is 0. The lowest BCUT2D eigenvalue weighted by Gasteiger charge is -2.56. The van der Waals surface area contributed by atoms with Crippen LogP contribution in [-0.4, -0.2) is 25.5 Å². The van der Waals surface area contributed by atoms with Crippen LogP contribution in [-0.2, 0) is 10.0 Å². The lowest BCUT2D eigenvalue weighted by molar-refractivity contribution is 0.0383. The van der Waals surface area contributed by atoms with E-state index in [1.807, 2.05) is 0 Å². The van der Waals surface area contributed by atoms with Crippen LogP contribution < -0.4 is 9.88 Å². The van der Waals surface area contributed by atoms with Crippen molar-refractivity contribution in [2.24, 2.45) is 22.9 Å². The number of thioether (sulfide) groups is 1. The van der Waals surface area contributed by atoms with E-state index in [0.29, 0.717) is 17.1 Å². The molecule has 0 radical (unpaired) electrons. The molecule has 1 aromatic rings. The highest BCUT2D eigenvalue weighted by Gasteiger charge is 2.50. The molecule has 0 spiro atoms. The summed E-state index contributed by atoms with van der Waals surface area (Å²) >= 11 is 2.12. The Morgan fingerprint density at radius 1 is 1.04 bits per heavy atom. The van der Waals surface area contributed by atoms with Crippen LogP contribution in [0.15, 0.2) is 29.2 Å². The zero-order valence-electron chi connectivity index (χ0n) is 13.8. The second kappa shape index (κ2) is 6.22. The highest BCUT2D eigenvalue weighted by molar-refractivity contribution is 8.00. The van der Waals surface area contributed by atoms with Gasteiger partial charge in [0.05, 0.1) is 11.5 Å². The van der Waals surface area contributed by atoms with E-state index < -0.39 is 10.0 Å². The van der Waals surface area contributed by atoms with Crippen molar-refractivity contribution in [3.63, 3.8) is 0 Å². The van der Waals surface area contributed by atoms with E-state index in [1.54, 1.807) is 12.1 Å². The predicted molar refractivity (Wildman–Crippen MR) is 96.7 cm³/mol. The van der Waals surface area contributed by atoms with Gasteiger partial charge >= 0.3 is 0 Å². The van der Waals surface area contributed by atoms with Gasteiger partial charge in [0.25, 0.3) is 0 Å². The van der Waals surface area contributed by atoms with E-state index in [4.69, 9.17) is 9.88 Å². The van der Waals surface area contributed by atoms with Gasteiger partial charge in [0.1, 0.15) is 5.75 Å². The van der Waals surface area contributed by atoms with Gasteiger partial charge in [0.2, 0.25) is 10.0 Å². The summed E-state index contributed by atoms with van der Waals surface area (Å²) < 4.78 is 28.8. The first kappa shape index (κ1) is 16.7. The second-order valence-electron chi connectivity index (χ2n) is 7.81. The van der Waals surface area contributed by atoms with Crippen molar-refractivity contribution >= 4 is 21.8 Å². The van der Waals surface area contributed by atoms with Crippen molar-refractivity contribution < 1.29 is 13.2 Å². The minimum Gasteiger partial charge on any atom is -0.493 e. The molecule has 0 aliphatic heterocycles. The molecule has 132 valence electrons. The Hall–Kier alpha value is -0.720. The molecule has 0 atom stereocenters. The maximum Gasteiger partial charge on any atom is 0.238 e. The molecule has 0 aromatic heterocycles. The molecule has 0 saturated heterocycles. The Labute approximate surface area is 148 Å². The van der Waals surface area contributed by atoms with Gasteiger partial charge in [-0.25, -0.2) is 13.6 Å². The van der Waals surface area contributed by atoms with Gasteiger partial charge in [0.15, 0.2) is 0 Å². The molecule has 24 heavy (non-hydrogen) atoms. The molecule has 4 nitrogen and oxygen atoms in total. The van der Waals surface area contributed by atoms with Gasteiger partial charge in [-0.15, -0.1) is 0 Å². The highest BCUT2D eigenvalue weighted by atomic mass is 32.2. The molecule has 4 aliphatic rings. The molecule has 4 bridgehead atoms. The summed E-state index contributed by atoms with van der Waals surface area (Å²) in [6, 6.07) is 6.35. The van der Waals surface area contributed by atoms with Gasteiger partial charge in [-0.1, -0.05) is 0 Å². The van der Waals surface area contributed by atoms with E-state index in [0.717, 1.165) is 23.5 Å². The Kier molecular flexibility index (Phi) is 4.34. The lowest BCUT2D eigenvalue weighted by Crippen LogP contribution is -2.48. The molecule has 4 saturated carbocycles. The van der Waals surface area contributed by atoms with Crippen molar-refractivity contribution in [2.45, 2.75) is 48.2 Å². The molecule has 6 heteroatoms. The van der Waals surface area contributed by atoms with Crippen LogP contribution in [0.2, 0.25) is 0 Å². The maximum atomic E-state index is 11.2. The van der Waals surface area contributed by atoms with E-state index in [9.17, 15) is 8.42 Å². The number of nitrogens with two attached hydrogens (primary N) is 1. The third-order valence-corrected chi connectivity index (χ3v) is 8.31. The van der Waals surface area contributed by atoms with Crippen molar-refractivity contribution in [1.29, 1.82) is 0 Å². The quantitative estimate of drug-likeness (QED) is 0.782. The minimum absolute atomic E-state index is 0.123. The normalized spacial score (nSPS) is 34.5. The van der Waals surface area contributed by atoms with Crippen molar-refractivity contribution in [3.05, 3.63) is 24.3 Å². The van der Waals surface area contributed by atoms with Crippen LogP contribution in [0, 0.1) is 17.8 Å². The fourth-order valence-corrected chi connectivity index (χ4v) is 7.53. The van der Waals surface area contributed by atoms with E-state index >= 15 is 0 Å². The van der Waals surface area contributed by atoms with Crippen molar-refractivity contribution in [1.82, 2.24) is 0 Å². The first-order valence-corrected chi connectivity index (χ1v) is 11.3. The monoisotopic (exact) mass is 367 g/mol. The Bertz CT molecular complexity index is 664. The van der Waals surface area contributed by atoms with Gasteiger partial charge in [-0.2, -0.15) is 11.8 Å². The molecular weight excluding hydrogens is 342 g/mol. The summed E-state index contributed by atoms with van der Waals surface area (Å²) in [5, 5.41) is 5.10. The summed E-state index contributed by atoms with van der Waals surface area (Å²) in [6.07, 6.45) is 8.66. The third-order valence-electron chi connectivity index (χ3n) is 5.89. The SMILES string of the molecule is NS(=O)(=O)c1ccc(OCCSC23CC4CC(CC(C4)C2)C3)cc1. The first-order chi connectivity index (χ1) is 11.4. The van der Waals surface area contributed by atoms with Crippen molar-refractivity contribution in [2.75, 3.05) is 12.4 Å². The number of sulfonamides is 1. The van der Waals surface area contributed by atoms with Crippen LogP contribution in [0.1, 0.15) is 38.5 Å². The average Bonchev–Trinajstić information content (AvgIpc) is 2.50. The molecule has 0 amide bonds. The van der Waals surface area contributed by atoms with Gasteiger partial charge in [-0.05, 0) is 80.5 Å². The smallest absolute Gasteiger partial charge is 0.238 e. The topological polar surface area (TPSA) is 69.4 Å². The number of benzene rings is 1. The molecule has 5 rings (SSSR count). The van der Waals surface area contributed by atoms with Crippen LogP contribution in [0.5, 0.6) is 5.75 Å². The average molecular weight is 368 g/mol. The number of hydrogen-bond donors (Lipinski definition) is 1. The van der Waals surface area contributed by atoms with Gasteiger partial charge in [0, 0.05) is 10.5 Å². The number of ether oxygens (including phenoxy) is 1. The fourth-order valence-electron chi connectivity index (χ4n) is 5.35. The summed E-state index contributed by atoms with van der Waals surface area (Å²) in [6.45, 7) is 0.668. The molecular formula is C18H25NO3S2. The zero-order valence-corrected chi connectivity index (χ0v) is 15.4. The lowest BCUT2D eigenvalue weighted by atomic mass is 9.56. The van der Waals surface area contributed by atoms with Crippen molar-refractivity contribution in [3.8, 4) is 5.75 Å². The van der Waals surface area contributed by atoms with Crippen LogP contribution in [0.25, 0.3) is 0 Å². The van der Waals surface area contributed by atoms with Crippen LogP contribution >= 0.6 is 11.8 Å². The molecule has 4 fully saturated rings. The molecule has 0 heterocycles. The highest BCUT2D eigenvalue weighted by Crippen LogP contribution is 2.60. The molecule has 2 N–H and O–H groups in total. The zero-order chi connectivity index (χ0) is 16.8. The second-order valence-corrected chi connectivity index (χ2v) is 10.9. The Morgan fingerprint density at radius 2 is 1.58 bits per heavy atom. The van der Waals surface area contributed by atoms with E-state index in [-0.39, 0.29) is 4.90 Å². The van der Waals surface area contributed by atoms with Crippen LogP contribution in [0.3, 0.4) is 0 Å². The van der Waals surface area contributed by atoms with Gasteiger partial charge in [-0.3, -0.25) is 0 Å². The predicted octanol–water partition coefficient (Wildman–Crippen LogP) is 3.41. The van der Waals surface area contributed by atoms with Crippen LogP contribution in [0.4, 0.5) is 0 Å². The summed E-state index contributed by atoms with van der Waals surface area (Å²) in [7, 11) is -3.63. The standard InChI is InChI=1S/C18H25NO3S2/c19-24(20,21)17-3-1-16(2-4-17)22-5-6-23-18-10-13-7-14(11-18)9-15(8-13)12-18/h1-4,13-15H,5-12H2,(H2,19,20,21). The Balaban J connectivity index is 1.28. The molecule has 0 unspecified atom stereocenters. The fraction of sp³-hybridized carbons (Fsp3) is 0.667. The number of primary sulfonamides is 1.